The third-order valence-corrected chi connectivity index (χ3v) is 6.24. The van der Waals surface area contributed by atoms with Gasteiger partial charge in [-0.3, -0.25) is 4.79 Å². The van der Waals surface area contributed by atoms with Crippen LogP contribution in [0.5, 0.6) is 11.5 Å². The molecule has 0 unspecified atom stereocenters. The number of benzene rings is 1. The first-order chi connectivity index (χ1) is 14.0. The van der Waals surface area contributed by atoms with E-state index >= 15 is 0 Å². The Balaban J connectivity index is 1.66. The van der Waals surface area contributed by atoms with E-state index in [0.717, 1.165) is 23.9 Å². The number of anilines is 1. The summed E-state index contributed by atoms with van der Waals surface area (Å²) in [5, 5.41) is 14.6. The van der Waals surface area contributed by atoms with E-state index in [9.17, 15) is 4.79 Å². The zero-order valence-electron chi connectivity index (χ0n) is 16.3. The maximum absolute atomic E-state index is 12.5. The highest BCUT2D eigenvalue weighted by atomic mass is 35.5. The SMILES string of the molecule is CCn1c(Cc2cccs2)nnc1SCC(=O)Nc1cc(OC)c(Cl)cc1OC. The number of halogens is 1. The van der Waals surface area contributed by atoms with Crippen molar-refractivity contribution in [3.63, 3.8) is 0 Å². The minimum absolute atomic E-state index is 0.186. The molecule has 1 aromatic carbocycles. The van der Waals surface area contributed by atoms with Crippen LogP contribution in [-0.4, -0.2) is 40.6 Å². The number of amides is 1. The molecule has 0 radical (unpaired) electrons. The number of ether oxygens (including phenoxy) is 2. The molecule has 3 rings (SSSR count). The quantitative estimate of drug-likeness (QED) is 0.486. The van der Waals surface area contributed by atoms with Crippen molar-refractivity contribution in [1.29, 1.82) is 0 Å². The van der Waals surface area contributed by atoms with Crippen LogP contribution >= 0.6 is 34.7 Å². The Hall–Kier alpha value is -2.23. The van der Waals surface area contributed by atoms with E-state index in [1.807, 2.05) is 22.9 Å². The second-order valence-corrected chi connectivity index (χ2v) is 8.31. The van der Waals surface area contributed by atoms with Gasteiger partial charge in [0.1, 0.15) is 17.3 Å². The van der Waals surface area contributed by atoms with Crippen LogP contribution in [0, 0.1) is 0 Å². The molecule has 2 heterocycles. The summed E-state index contributed by atoms with van der Waals surface area (Å²) in [4.78, 5) is 13.7. The number of methoxy groups -OCH3 is 2. The molecule has 0 spiro atoms. The highest BCUT2D eigenvalue weighted by Gasteiger charge is 2.16. The second kappa shape index (κ2) is 10.00. The van der Waals surface area contributed by atoms with Crippen molar-refractivity contribution < 1.29 is 14.3 Å². The van der Waals surface area contributed by atoms with E-state index in [0.29, 0.717) is 22.2 Å². The summed E-state index contributed by atoms with van der Waals surface area (Å²) in [5.74, 6) is 1.80. The number of hydrogen-bond donors (Lipinski definition) is 1. The van der Waals surface area contributed by atoms with Crippen LogP contribution in [0.2, 0.25) is 5.02 Å². The van der Waals surface area contributed by atoms with Gasteiger partial charge in [-0.15, -0.1) is 21.5 Å². The predicted molar refractivity (Wildman–Crippen MR) is 117 cm³/mol. The van der Waals surface area contributed by atoms with E-state index in [1.165, 1.54) is 30.9 Å². The topological polar surface area (TPSA) is 78.3 Å². The molecule has 0 aliphatic rings. The number of aromatic nitrogens is 3. The maximum Gasteiger partial charge on any atom is 0.234 e. The van der Waals surface area contributed by atoms with Crippen LogP contribution in [-0.2, 0) is 17.8 Å². The molecule has 10 heteroatoms. The molecule has 0 saturated carbocycles. The fourth-order valence-electron chi connectivity index (χ4n) is 2.72. The Morgan fingerprint density at radius 3 is 2.72 bits per heavy atom. The van der Waals surface area contributed by atoms with E-state index in [-0.39, 0.29) is 11.7 Å². The normalized spacial score (nSPS) is 10.8. The minimum atomic E-state index is -0.192. The van der Waals surface area contributed by atoms with Crippen LogP contribution in [0.3, 0.4) is 0 Å². The van der Waals surface area contributed by atoms with Crippen LogP contribution in [0.1, 0.15) is 17.6 Å². The van der Waals surface area contributed by atoms with Crippen molar-refractivity contribution in [3.05, 3.63) is 45.4 Å². The van der Waals surface area contributed by atoms with Crippen LogP contribution in [0.25, 0.3) is 0 Å². The summed E-state index contributed by atoms with van der Waals surface area (Å²) >= 11 is 9.14. The standard InChI is InChI=1S/C19H21ClN4O3S2/c1-4-24-17(8-12-6-5-7-28-12)22-23-19(24)29-11-18(25)21-14-10-15(26-2)13(20)9-16(14)27-3/h5-7,9-10H,4,8,11H2,1-3H3,(H,21,25). The third kappa shape index (κ3) is 5.23. The number of thioether (sulfide) groups is 1. The minimum Gasteiger partial charge on any atom is -0.495 e. The number of rotatable bonds is 9. The first kappa shape index (κ1) is 21.5. The summed E-state index contributed by atoms with van der Waals surface area (Å²) in [6, 6.07) is 7.34. The van der Waals surface area contributed by atoms with Gasteiger partial charge in [0.05, 0.1) is 30.7 Å². The monoisotopic (exact) mass is 452 g/mol. The molecule has 0 fully saturated rings. The van der Waals surface area contributed by atoms with Crippen molar-refractivity contribution in [2.45, 2.75) is 25.0 Å². The smallest absolute Gasteiger partial charge is 0.234 e. The molecule has 154 valence electrons. The number of thiophene rings is 1. The molecule has 0 bridgehead atoms. The van der Waals surface area contributed by atoms with Gasteiger partial charge in [0.2, 0.25) is 5.91 Å². The summed E-state index contributed by atoms with van der Waals surface area (Å²) in [5.41, 5.74) is 0.495. The van der Waals surface area contributed by atoms with Crippen molar-refractivity contribution in [2.75, 3.05) is 25.3 Å². The largest absolute Gasteiger partial charge is 0.495 e. The molecule has 0 saturated heterocycles. The van der Waals surface area contributed by atoms with E-state index in [4.69, 9.17) is 21.1 Å². The number of hydrogen-bond acceptors (Lipinski definition) is 7. The van der Waals surface area contributed by atoms with Crippen molar-refractivity contribution >= 4 is 46.3 Å². The van der Waals surface area contributed by atoms with E-state index in [1.54, 1.807) is 23.5 Å². The zero-order valence-corrected chi connectivity index (χ0v) is 18.7. The number of nitrogens with zero attached hydrogens (tertiary/aromatic N) is 3. The predicted octanol–water partition coefficient (Wildman–Crippen LogP) is 4.35. The van der Waals surface area contributed by atoms with E-state index < -0.39 is 0 Å². The first-order valence-electron chi connectivity index (χ1n) is 8.84. The van der Waals surface area contributed by atoms with Crippen molar-refractivity contribution in [3.8, 4) is 11.5 Å². The molecule has 0 aliphatic carbocycles. The summed E-state index contributed by atoms with van der Waals surface area (Å²) in [7, 11) is 3.03. The van der Waals surface area contributed by atoms with Gasteiger partial charge in [0, 0.05) is 30.0 Å². The highest BCUT2D eigenvalue weighted by Crippen LogP contribution is 2.36. The van der Waals surface area contributed by atoms with Gasteiger partial charge in [0.15, 0.2) is 5.16 Å². The average molecular weight is 453 g/mol. The molecule has 1 N–H and O–H groups in total. The van der Waals surface area contributed by atoms with Gasteiger partial charge < -0.3 is 19.4 Å². The van der Waals surface area contributed by atoms with Gasteiger partial charge in [-0.05, 0) is 18.4 Å². The molecular formula is C19H21ClN4O3S2. The number of carbonyl (C=O) groups excluding carboxylic acids is 1. The lowest BCUT2D eigenvalue weighted by Gasteiger charge is -2.13. The third-order valence-electron chi connectivity index (χ3n) is 4.10. The summed E-state index contributed by atoms with van der Waals surface area (Å²) < 4.78 is 12.5. The Labute approximate surface area is 182 Å². The lowest BCUT2D eigenvalue weighted by atomic mass is 10.2. The molecule has 7 nitrogen and oxygen atoms in total. The second-order valence-electron chi connectivity index (χ2n) is 5.92. The molecule has 2 aromatic heterocycles. The van der Waals surface area contributed by atoms with Crippen molar-refractivity contribution in [1.82, 2.24) is 14.8 Å². The van der Waals surface area contributed by atoms with Gasteiger partial charge in [-0.1, -0.05) is 29.4 Å². The zero-order chi connectivity index (χ0) is 20.8. The summed E-state index contributed by atoms with van der Waals surface area (Å²) in [6.45, 7) is 2.77. The van der Waals surface area contributed by atoms with Gasteiger partial charge in [-0.25, -0.2) is 0 Å². The average Bonchev–Trinajstić information content (AvgIpc) is 3.37. The molecular weight excluding hydrogens is 432 g/mol. The number of nitrogens with one attached hydrogen (secondary N) is 1. The fraction of sp³-hybridized carbons (Fsp3) is 0.316. The van der Waals surface area contributed by atoms with Crippen LogP contribution in [0.15, 0.2) is 34.8 Å². The van der Waals surface area contributed by atoms with Crippen LogP contribution in [0.4, 0.5) is 5.69 Å². The van der Waals surface area contributed by atoms with Gasteiger partial charge in [-0.2, -0.15) is 0 Å². The van der Waals surface area contributed by atoms with E-state index in [2.05, 4.69) is 21.6 Å². The Morgan fingerprint density at radius 2 is 2.07 bits per heavy atom. The summed E-state index contributed by atoms with van der Waals surface area (Å²) in [6.07, 6.45) is 0.729. The first-order valence-corrected chi connectivity index (χ1v) is 11.1. The molecule has 0 atom stereocenters. The Bertz CT molecular complexity index is 976. The lowest BCUT2D eigenvalue weighted by Crippen LogP contribution is -2.15. The number of carbonyl (C=O) groups is 1. The Kier molecular flexibility index (Phi) is 7.40. The maximum atomic E-state index is 12.5. The highest BCUT2D eigenvalue weighted by molar-refractivity contribution is 7.99. The molecule has 0 aliphatic heterocycles. The van der Waals surface area contributed by atoms with Gasteiger partial charge >= 0.3 is 0 Å². The fourth-order valence-corrected chi connectivity index (χ4v) is 4.47. The van der Waals surface area contributed by atoms with Gasteiger partial charge in [0.25, 0.3) is 0 Å². The van der Waals surface area contributed by atoms with Crippen LogP contribution < -0.4 is 14.8 Å². The Morgan fingerprint density at radius 1 is 1.28 bits per heavy atom. The molecule has 3 aromatic rings. The van der Waals surface area contributed by atoms with Crippen molar-refractivity contribution in [2.24, 2.45) is 0 Å². The lowest BCUT2D eigenvalue weighted by molar-refractivity contribution is -0.113. The molecule has 29 heavy (non-hydrogen) atoms. The molecule has 1 amide bonds.